The highest BCUT2D eigenvalue weighted by molar-refractivity contribution is 5.92. The van der Waals surface area contributed by atoms with Gasteiger partial charge in [-0.3, -0.25) is 0 Å². The zero-order chi connectivity index (χ0) is 12.1. The number of carbonyl (C=O) groups is 1. The molecule has 5 heteroatoms. The summed E-state index contributed by atoms with van der Waals surface area (Å²) in [5.41, 5.74) is 0.522. The second-order valence-electron chi connectivity index (χ2n) is 3.33. The number of aromatic carboxylic acids is 1. The minimum Gasteiger partial charge on any atom is -0.504 e. The molecule has 0 fully saturated rings. The van der Waals surface area contributed by atoms with E-state index < -0.39 is 5.97 Å². The van der Waals surface area contributed by atoms with Crippen molar-refractivity contribution in [2.75, 3.05) is 13.7 Å². The molecule has 3 N–H and O–H groups in total. The number of carboxylic acid groups (broad SMARTS) is 1. The summed E-state index contributed by atoms with van der Waals surface area (Å²) in [6.07, 6.45) is 1.07. The Balaban J connectivity index is 3.12. The second kappa shape index (κ2) is 5.37. The maximum atomic E-state index is 10.9. The lowest BCUT2D eigenvalue weighted by atomic mass is 10.0. The molecule has 16 heavy (non-hydrogen) atoms. The number of carboxylic acids is 1. The summed E-state index contributed by atoms with van der Waals surface area (Å²) in [5, 5.41) is 27.1. The van der Waals surface area contributed by atoms with Gasteiger partial charge in [-0.15, -0.1) is 0 Å². The van der Waals surface area contributed by atoms with Crippen molar-refractivity contribution >= 4 is 5.97 Å². The van der Waals surface area contributed by atoms with Gasteiger partial charge in [0.15, 0.2) is 11.5 Å². The van der Waals surface area contributed by atoms with Crippen LogP contribution in [0.4, 0.5) is 0 Å². The van der Waals surface area contributed by atoms with Crippen molar-refractivity contribution in [1.29, 1.82) is 0 Å². The lowest BCUT2D eigenvalue weighted by molar-refractivity contribution is 0.0693. The molecule has 0 spiro atoms. The van der Waals surface area contributed by atoms with Gasteiger partial charge in [0.2, 0.25) is 0 Å². The monoisotopic (exact) mass is 226 g/mol. The molecule has 1 rings (SSSR count). The van der Waals surface area contributed by atoms with Crippen molar-refractivity contribution in [3.8, 4) is 11.5 Å². The number of rotatable bonds is 5. The summed E-state index contributed by atoms with van der Waals surface area (Å²) < 4.78 is 4.88. The van der Waals surface area contributed by atoms with Gasteiger partial charge >= 0.3 is 5.97 Å². The van der Waals surface area contributed by atoms with Crippen molar-refractivity contribution in [1.82, 2.24) is 0 Å². The topological polar surface area (TPSA) is 87.0 Å². The summed E-state index contributed by atoms with van der Waals surface area (Å²) in [6, 6.07) is 2.95. The van der Waals surface area contributed by atoms with Crippen LogP contribution in [0.2, 0.25) is 0 Å². The molecule has 0 heterocycles. The van der Waals surface area contributed by atoms with E-state index in [0.717, 1.165) is 0 Å². The Bertz CT molecular complexity index is 386. The third-order valence-electron chi connectivity index (χ3n) is 2.21. The third-order valence-corrected chi connectivity index (χ3v) is 2.21. The largest absolute Gasteiger partial charge is 0.504 e. The second-order valence-corrected chi connectivity index (χ2v) is 3.33. The number of benzene rings is 1. The van der Waals surface area contributed by atoms with Crippen LogP contribution < -0.4 is 4.74 Å². The van der Waals surface area contributed by atoms with Gasteiger partial charge < -0.3 is 20.1 Å². The molecule has 88 valence electrons. The Hall–Kier alpha value is -1.75. The molecule has 1 aromatic carbocycles. The van der Waals surface area contributed by atoms with Crippen LogP contribution in [-0.4, -0.2) is 35.0 Å². The number of aromatic hydroxyl groups is 1. The van der Waals surface area contributed by atoms with Crippen LogP contribution in [-0.2, 0) is 6.42 Å². The molecule has 0 radical (unpaired) electrons. The summed E-state index contributed by atoms with van der Waals surface area (Å²) in [4.78, 5) is 10.9. The lowest BCUT2D eigenvalue weighted by Crippen LogP contribution is -2.01. The van der Waals surface area contributed by atoms with Gasteiger partial charge in [-0.25, -0.2) is 4.79 Å². The van der Waals surface area contributed by atoms with E-state index in [4.69, 9.17) is 14.9 Å². The molecule has 0 aliphatic heterocycles. The van der Waals surface area contributed by atoms with Crippen LogP contribution >= 0.6 is 0 Å². The molecular weight excluding hydrogens is 212 g/mol. The van der Waals surface area contributed by atoms with Crippen molar-refractivity contribution in [2.24, 2.45) is 0 Å². The van der Waals surface area contributed by atoms with Gasteiger partial charge in [-0.2, -0.15) is 0 Å². The summed E-state index contributed by atoms with van der Waals surface area (Å²) in [7, 11) is 1.36. The number of aryl methyl sites for hydroxylation is 1. The molecule has 5 nitrogen and oxygen atoms in total. The van der Waals surface area contributed by atoms with Crippen molar-refractivity contribution < 1.29 is 24.9 Å². The Morgan fingerprint density at radius 3 is 2.62 bits per heavy atom. The number of aliphatic hydroxyl groups excluding tert-OH is 1. The Morgan fingerprint density at radius 2 is 2.12 bits per heavy atom. The number of hydrogen-bond donors (Lipinski definition) is 3. The van der Waals surface area contributed by atoms with Crippen molar-refractivity contribution in [2.45, 2.75) is 12.8 Å². The van der Waals surface area contributed by atoms with Gasteiger partial charge in [0, 0.05) is 6.61 Å². The molecule has 1 aromatic rings. The van der Waals surface area contributed by atoms with Crippen LogP contribution in [0.5, 0.6) is 11.5 Å². The van der Waals surface area contributed by atoms with Crippen molar-refractivity contribution in [3.05, 3.63) is 23.3 Å². The highest BCUT2D eigenvalue weighted by Gasteiger charge is 2.15. The van der Waals surface area contributed by atoms with Gasteiger partial charge in [0.1, 0.15) is 5.56 Å². The lowest BCUT2D eigenvalue weighted by Gasteiger charge is -2.09. The zero-order valence-electron chi connectivity index (χ0n) is 8.93. The molecule has 0 aliphatic carbocycles. The zero-order valence-corrected chi connectivity index (χ0v) is 8.93. The van der Waals surface area contributed by atoms with Crippen LogP contribution in [0.25, 0.3) is 0 Å². The average molecular weight is 226 g/mol. The quantitative estimate of drug-likeness (QED) is 0.697. The van der Waals surface area contributed by atoms with Crippen LogP contribution in [0.1, 0.15) is 22.3 Å². The standard InChI is InChI=1S/C11H14O5/c1-16-9-6-7(3-2-4-12)5-8(10(9)13)11(14)15/h5-6,12-13H,2-4H2,1H3,(H,14,15). The van der Waals surface area contributed by atoms with Crippen LogP contribution in [0.3, 0.4) is 0 Å². The van der Waals surface area contributed by atoms with E-state index in [1.54, 1.807) is 6.07 Å². The predicted octanol–water partition coefficient (Wildman–Crippen LogP) is 1.02. The van der Waals surface area contributed by atoms with Crippen LogP contribution in [0, 0.1) is 0 Å². The van der Waals surface area contributed by atoms with Crippen molar-refractivity contribution in [3.63, 3.8) is 0 Å². The van der Waals surface area contributed by atoms with E-state index in [0.29, 0.717) is 18.4 Å². The highest BCUT2D eigenvalue weighted by atomic mass is 16.5. The fourth-order valence-electron chi connectivity index (χ4n) is 1.41. The van der Waals surface area contributed by atoms with E-state index in [9.17, 15) is 9.90 Å². The maximum absolute atomic E-state index is 10.9. The van der Waals surface area contributed by atoms with Gasteiger partial charge in [0.25, 0.3) is 0 Å². The Morgan fingerprint density at radius 1 is 1.44 bits per heavy atom. The fraction of sp³-hybridized carbons (Fsp3) is 0.364. The molecule has 0 atom stereocenters. The highest BCUT2D eigenvalue weighted by Crippen LogP contribution is 2.31. The number of phenols is 1. The summed E-state index contributed by atoms with van der Waals surface area (Å²) in [6.45, 7) is 0.0333. The Labute approximate surface area is 92.9 Å². The SMILES string of the molecule is COc1cc(CCCO)cc(C(=O)O)c1O. The smallest absolute Gasteiger partial charge is 0.339 e. The van der Waals surface area contributed by atoms with Gasteiger partial charge in [-0.05, 0) is 30.5 Å². The molecule has 0 aromatic heterocycles. The molecule has 0 unspecified atom stereocenters. The van der Waals surface area contributed by atoms with E-state index in [-0.39, 0.29) is 23.7 Å². The van der Waals surface area contributed by atoms with Gasteiger partial charge in [-0.1, -0.05) is 0 Å². The normalized spacial score (nSPS) is 10.1. The summed E-state index contributed by atoms with van der Waals surface area (Å²) >= 11 is 0. The predicted molar refractivity (Wildman–Crippen MR) is 57.0 cm³/mol. The van der Waals surface area contributed by atoms with Gasteiger partial charge in [0.05, 0.1) is 7.11 Å². The average Bonchev–Trinajstić information content (AvgIpc) is 2.27. The fourth-order valence-corrected chi connectivity index (χ4v) is 1.41. The first-order valence-electron chi connectivity index (χ1n) is 4.84. The van der Waals surface area contributed by atoms with Crippen LogP contribution in [0.15, 0.2) is 12.1 Å². The number of methoxy groups -OCH3 is 1. The number of aliphatic hydroxyl groups is 1. The molecule has 0 bridgehead atoms. The minimum absolute atomic E-state index is 0.0333. The summed E-state index contributed by atoms with van der Waals surface area (Å²) in [5.74, 6) is -1.45. The molecular formula is C11H14O5. The third kappa shape index (κ3) is 2.64. The first kappa shape index (κ1) is 12.3. The van der Waals surface area contributed by atoms with E-state index in [1.165, 1.54) is 13.2 Å². The van der Waals surface area contributed by atoms with E-state index in [2.05, 4.69) is 0 Å². The molecule has 0 saturated heterocycles. The minimum atomic E-state index is -1.21. The van der Waals surface area contributed by atoms with E-state index in [1.807, 2.05) is 0 Å². The Kier molecular flexibility index (Phi) is 4.13. The molecule has 0 aliphatic rings. The number of ether oxygens (including phenoxy) is 1. The molecule has 0 saturated carbocycles. The maximum Gasteiger partial charge on any atom is 0.339 e. The first-order chi connectivity index (χ1) is 7.60. The first-order valence-corrected chi connectivity index (χ1v) is 4.84. The molecule has 0 amide bonds. The number of hydrogen-bond acceptors (Lipinski definition) is 4. The van der Waals surface area contributed by atoms with E-state index >= 15 is 0 Å².